The van der Waals surface area contributed by atoms with Crippen molar-refractivity contribution in [2.75, 3.05) is 5.94 Å². The van der Waals surface area contributed by atoms with Crippen molar-refractivity contribution >= 4 is 17.0 Å². The molecule has 1 atom stereocenters. The quantitative estimate of drug-likeness (QED) is 0.554. The molecule has 0 bridgehead atoms. The molecule has 0 saturated carbocycles. The zero-order chi connectivity index (χ0) is 10.6. The average Bonchev–Trinajstić information content (AvgIpc) is 2.15. The van der Waals surface area contributed by atoms with Gasteiger partial charge in [-0.25, -0.2) is 4.79 Å². The highest BCUT2D eigenvalue weighted by molar-refractivity contribution is 7.78. The Kier molecular flexibility index (Phi) is 3.79. The number of benzene rings is 1. The van der Waals surface area contributed by atoms with Crippen molar-refractivity contribution in [2.45, 2.75) is 6.92 Å². The number of carbonyl (C=O) groups excluding carboxylic acids is 1. The van der Waals surface area contributed by atoms with Gasteiger partial charge in [-0.15, -0.1) is 0 Å². The summed E-state index contributed by atoms with van der Waals surface area (Å²) in [5.74, 6) is -1.22. The largest absolute Gasteiger partial charge is 0.770 e. The summed E-state index contributed by atoms with van der Waals surface area (Å²) in [6, 6.07) is 6.83. The summed E-state index contributed by atoms with van der Waals surface area (Å²) in [7, 11) is 0. The molecule has 4 nitrogen and oxygen atoms in total. The molecule has 1 aromatic rings. The van der Waals surface area contributed by atoms with E-state index in [9.17, 15) is 13.6 Å². The van der Waals surface area contributed by atoms with E-state index in [-0.39, 0.29) is 0 Å². The van der Waals surface area contributed by atoms with Gasteiger partial charge in [0.15, 0.2) is 5.94 Å². The minimum absolute atomic E-state index is 0.387. The van der Waals surface area contributed by atoms with Crippen LogP contribution in [0.2, 0.25) is 0 Å². The van der Waals surface area contributed by atoms with Crippen LogP contribution in [0.1, 0.15) is 15.9 Å². The molecule has 0 radical (unpaired) electrons. The Labute approximate surface area is 84.2 Å². The summed E-state index contributed by atoms with van der Waals surface area (Å²) >= 11 is -2.36. The van der Waals surface area contributed by atoms with E-state index in [1.54, 1.807) is 31.2 Å². The highest BCUT2D eigenvalue weighted by Gasteiger charge is 2.08. The molecule has 0 fully saturated rings. The molecule has 14 heavy (non-hydrogen) atoms. The first-order chi connectivity index (χ1) is 6.61. The van der Waals surface area contributed by atoms with Crippen LogP contribution in [0.3, 0.4) is 0 Å². The lowest BCUT2D eigenvalue weighted by Crippen LogP contribution is -2.10. The monoisotopic (exact) mass is 213 g/mol. The van der Waals surface area contributed by atoms with Crippen molar-refractivity contribution in [1.82, 2.24) is 0 Å². The zero-order valence-electron chi connectivity index (χ0n) is 7.56. The molecule has 0 aliphatic carbocycles. The number of rotatable bonds is 3. The normalized spacial score (nSPS) is 12.1. The number of carbonyl (C=O) groups is 1. The van der Waals surface area contributed by atoms with E-state index in [0.29, 0.717) is 5.56 Å². The summed E-state index contributed by atoms with van der Waals surface area (Å²) in [6.07, 6.45) is 0. The van der Waals surface area contributed by atoms with Gasteiger partial charge < -0.3 is 9.29 Å². The fraction of sp³-hybridized carbons (Fsp3) is 0.222. The molecule has 0 aliphatic rings. The van der Waals surface area contributed by atoms with Gasteiger partial charge in [0, 0.05) is 0 Å². The molecule has 76 valence electrons. The van der Waals surface area contributed by atoms with Crippen LogP contribution in [0.15, 0.2) is 24.3 Å². The fourth-order valence-corrected chi connectivity index (χ4v) is 1.18. The second kappa shape index (κ2) is 4.88. The van der Waals surface area contributed by atoms with Gasteiger partial charge in [-0.3, -0.25) is 4.21 Å². The van der Waals surface area contributed by atoms with Crippen molar-refractivity contribution < 1.29 is 18.3 Å². The number of hydrogen-bond acceptors (Lipinski definition) is 4. The molecule has 0 N–H and O–H groups in total. The van der Waals surface area contributed by atoms with E-state index in [1.807, 2.05) is 0 Å². The summed E-state index contributed by atoms with van der Waals surface area (Å²) in [5.41, 5.74) is 1.15. The minimum atomic E-state index is -2.36. The number of esters is 1. The van der Waals surface area contributed by atoms with E-state index in [2.05, 4.69) is 4.74 Å². The predicted molar refractivity (Wildman–Crippen MR) is 50.4 cm³/mol. The van der Waals surface area contributed by atoms with Crippen molar-refractivity contribution in [3.05, 3.63) is 35.4 Å². The smallest absolute Gasteiger partial charge is 0.339 e. The van der Waals surface area contributed by atoms with E-state index in [0.717, 1.165) is 5.56 Å². The van der Waals surface area contributed by atoms with Gasteiger partial charge in [-0.2, -0.15) is 0 Å². The van der Waals surface area contributed by atoms with Crippen molar-refractivity contribution in [2.24, 2.45) is 0 Å². The second-order valence-electron chi connectivity index (χ2n) is 2.67. The summed E-state index contributed by atoms with van der Waals surface area (Å²) in [6.45, 7) is 1.75. The molecule has 0 aliphatic heterocycles. The SMILES string of the molecule is Cc1ccccc1C(=O)OCS(=O)[O-]. The second-order valence-corrected chi connectivity index (χ2v) is 3.51. The number of aryl methyl sites for hydroxylation is 1. The van der Waals surface area contributed by atoms with Gasteiger partial charge in [0.2, 0.25) is 0 Å². The van der Waals surface area contributed by atoms with Gasteiger partial charge in [0.05, 0.1) is 5.56 Å². The zero-order valence-corrected chi connectivity index (χ0v) is 8.37. The molecular formula is C9H9O4S-. The van der Waals surface area contributed by atoms with Crippen LogP contribution in [-0.2, 0) is 15.8 Å². The summed E-state index contributed by atoms with van der Waals surface area (Å²) in [4.78, 5) is 11.3. The molecule has 0 amide bonds. The van der Waals surface area contributed by atoms with Crippen molar-refractivity contribution in [3.63, 3.8) is 0 Å². The molecule has 0 saturated heterocycles. The van der Waals surface area contributed by atoms with Crippen LogP contribution in [0.4, 0.5) is 0 Å². The Morgan fingerprint density at radius 1 is 1.50 bits per heavy atom. The topological polar surface area (TPSA) is 66.4 Å². The first-order valence-electron chi connectivity index (χ1n) is 3.90. The molecule has 0 heterocycles. The maximum Gasteiger partial charge on any atom is 0.339 e. The van der Waals surface area contributed by atoms with Crippen LogP contribution in [0, 0.1) is 6.92 Å². The highest BCUT2D eigenvalue weighted by atomic mass is 32.2. The van der Waals surface area contributed by atoms with Gasteiger partial charge in [-0.1, -0.05) is 18.2 Å². The molecule has 5 heteroatoms. The lowest BCUT2D eigenvalue weighted by Gasteiger charge is -2.07. The average molecular weight is 213 g/mol. The molecule has 0 aromatic heterocycles. The maximum atomic E-state index is 11.3. The van der Waals surface area contributed by atoms with Gasteiger partial charge >= 0.3 is 5.97 Å². The Morgan fingerprint density at radius 2 is 2.14 bits per heavy atom. The third-order valence-electron chi connectivity index (χ3n) is 1.65. The Hall–Kier alpha value is -1.20. The summed E-state index contributed by atoms with van der Waals surface area (Å²) < 4.78 is 24.8. The molecule has 1 unspecified atom stereocenters. The Morgan fingerprint density at radius 3 is 2.71 bits per heavy atom. The third-order valence-corrected chi connectivity index (χ3v) is 1.96. The van der Waals surface area contributed by atoms with Crippen LogP contribution in [0.25, 0.3) is 0 Å². The Bertz CT molecular complexity index is 362. The third kappa shape index (κ3) is 2.93. The first-order valence-corrected chi connectivity index (χ1v) is 5.14. The maximum absolute atomic E-state index is 11.3. The first kappa shape index (κ1) is 10.9. The fourth-order valence-electron chi connectivity index (χ4n) is 0.981. The highest BCUT2D eigenvalue weighted by Crippen LogP contribution is 2.08. The number of hydrogen-bond donors (Lipinski definition) is 0. The van der Waals surface area contributed by atoms with Crippen LogP contribution >= 0.6 is 0 Å². The Balaban J connectivity index is 2.70. The van der Waals surface area contributed by atoms with Crippen LogP contribution in [0.5, 0.6) is 0 Å². The van der Waals surface area contributed by atoms with E-state index in [1.165, 1.54) is 0 Å². The van der Waals surface area contributed by atoms with E-state index >= 15 is 0 Å². The van der Waals surface area contributed by atoms with E-state index in [4.69, 9.17) is 0 Å². The minimum Gasteiger partial charge on any atom is -0.770 e. The van der Waals surface area contributed by atoms with Gasteiger partial charge in [0.25, 0.3) is 0 Å². The van der Waals surface area contributed by atoms with Gasteiger partial charge in [-0.05, 0) is 29.6 Å². The standard InChI is InChI=1S/C9H10O4S/c1-7-4-2-3-5-8(7)9(10)13-6-14(11)12/h2-5H,6H2,1H3,(H,11,12)/p-1. The van der Waals surface area contributed by atoms with Crippen LogP contribution in [-0.4, -0.2) is 20.7 Å². The molecule has 0 spiro atoms. The van der Waals surface area contributed by atoms with Crippen LogP contribution < -0.4 is 0 Å². The predicted octanol–water partition coefficient (Wildman–Crippen LogP) is 0.988. The molecule has 1 aromatic carbocycles. The number of ether oxygens (including phenoxy) is 1. The van der Waals surface area contributed by atoms with E-state index < -0.39 is 23.0 Å². The van der Waals surface area contributed by atoms with Crippen molar-refractivity contribution in [3.8, 4) is 0 Å². The van der Waals surface area contributed by atoms with Crippen molar-refractivity contribution in [1.29, 1.82) is 0 Å². The lowest BCUT2D eigenvalue weighted by molar-refractivity contribution is 0.0569. The summed E-state index contributed by atoms with van der Waals surface area (Å²) in [5, 5.41) is 0. The van der Waals surface area contributed by atoms with Gasteiger partial charge in [0.1, 0.15) is 0 Å². The molecule has 1 rings (SSSR count). The lowest BCUT2D eigenvalue weighted by atomic mass is 10.1. The molecular weight excluding hydrogens is 204 g/mol.